The molecule has 98 valence electrons. The fourth-order valence-electron chi connectivity index (χ4n) is 2.66. The second kappa shape index (κ2) is 5.51. The summed E-state index contributed by atoms with van der Waals surface area (Å²) < 4.78 is 13.5. The topological polar surface area (TPSA) is 29.1 Å². The van der Waals surface area contributed by atoms with Gasteiger partial charge in [0.15, 0.2) is 0 Å². The first-order valence-corrected chi connectivity index (χ1v) is 6.60. The van der Waals surface area contributed by atoms with Gasteiger partial charge >= 0.3 is 0 Å². The summed E-state index contributed by atoms with van der Waals surface area (Å²) in [6, 6.07) is 4.62. The molecule has 0 radical (unpaired) electrons. The third kappa shape index (κ3) is 3.09. The van der Waals surface area contributed by atoms with E-state index >= 15 is 0 Å². The lowest BCUT2D eigenvalue weighted by Gasteiger charge is -2.11. The summed E-state index contributed by atoms with van der Waals surface area (Å²) in [5.74, 6) is 0.563. The van der Waals surface area contributed by atoms with Gasteiger partial charge in [0.25, 0.3) is 5.91 Å². The predicted octanol–water partition coefficient (Wildman–Crippen LogP) is 3.30. The van der Waals surface area contributed by atoms with Gasteiger partial charge in [0.1, 0.15) is 5.82 Å². The zero-order valence-corrected chi connectivity index (χ0v) is 11.0. The standard InChI is InChI=1S/C15H20FNO/c1-10-3-5-12(7-10)9-17-15(18)13-8-11(2)4-6-14(13)16/h4,6,8,10,12H,3,5,7,9H2,1-2H3,(H,17,18). The van der Waals surface area contributed by atoms with E-state index in [9.17, 15) is 9.18 Å². The predicted molar refractivity (Wildman–Crippen MR) is 70.0 cm³/mol. The maximum atomic E-state index is 13.5. The molecule has 1 aromatic carbocycles. The van der Waals surface area contributed by atoms with Crippen molar-refractivity contribution in [3.63, 3.8) is 0 Å². The van der Waals surface area contributed by atoms with E-state index in [4.69, 9.17) is 0 Å². The SMILES string of the molecule is Cc1ccc(F)c(C(=O)NCC2CCC(C)C2)c1. The Labute approximate surface area is 108 Å². The first-order valence-electron chi connectivity index (χ1n) is 6.60. The first kappa shape index (κ1) is 13.1. The second-order valence-corrected chi connectivity index (χ2v) is 5.48. The van der Waals surface area contributed by atoms with Gasteiger partial charge in [-0.3, -0.25) is 4.79 Å². The molecule has 0 spiro atoms. The summed E-state index contributed by atoms with van der Waals surface area (Å²) >= 11 is 0. The number of nitrogens with one attached hydrogen (secondary N) is 1. The third-order valence-corrected chi connectivity index (χ3v) is 3.72. The highest BCUT2D eigenvalue weighted by atomic mass is 19.1. The number of halogens is 1. The number of carbonyl (C=O) groups is 1. The molecule has 0 heterocycles. The number of carbonyl (C=O) groups excluding carboxylic acids is 1. The van der Waals surface area contributed by atoms with Crippen molar-refractivity contribution in [3.05, 3.63) is 35.1 Å². The molecular formula is C15H20FNO. The molecule has 1 saturated carbocycles. The fraction of sp³-hybridized carbons (Fsp3) is 0.533. The molecule has 1 aromatic rings. The molecule has 2 rings (SSSR count). The monoisotopic (exact) mass is 249 g/mol. The van der Waals surface area contributed by atoms with E-state index < -0.39 is 5.82 Å². The van der Waals surface area contributed by atoms with Crippen LogP contribution in [0, 0.1) is 24.6 Å². The minimum absolute atomic E-state index is 0.154. The third-order valence-electron chi connectivity index (χ3n) is 3.72. The number of rotatable bonds is 3. The van der Waals surface area contributed by atoms with Crippen molar-refractivity contribution in [2.75, 3.05) is 6.54 Å². The van der Waals surface area contributed by atoms with E-state index in [1.165, 1.54) is 12.5 Å². The Balaban J connectivity index is 1.93. The summed E-state index contributed by atoms with van der Waals surface area (Å²) in [7, 11) is 0. The minimum atomic E-state index is -0.446. The molecule has 1 aliphatic rings. The fourth-order valence-corrected chi connectivity index (χ4v) is 2.66. The summed E-state index contributed by atoms with van der Waals surface area (Å²) in [5.41, 5.74) is 1.05. The maximum absolute atomic E-state index is 13.5. The van der Waals surface area contributed by atoms with Crippen LogP contribution in [0.2, 0.25) is 0 Å². The molecule has 18 heavy (non-hydrogen) atoms. The normalized spacial score (nSPS) is 23.1. The molecule has 1 aliphatic carbocycles. The second-order valence-electron chi connectivity index (χ2n) is 5.48. The molecule has 3 heteroatoms. The Morgan fingerprint density at radius 1 is 1.44 bits per heavy atom. The van der Waals surface area contributed by atoms with Crippen molar-refractivity contribution in [3.8, 4) is 0 Å². The summed E-state index contributed by atoms with van der Waals surface area (Å²) in [6.45, 7) is 4.76. The molecule has 1 fully saturated rings. The summed E-state index contributed by atoms with van der Waals surface area (Å²) in [4.78, 5) is 11.9. The van der Waals surface area contributed by atoms with Crippen LogP contribution in [0.3, 0.4) is 0 Å². The van der Waals surface area contributed by atoms with Crippen LogP contribution in [0.5, 0.6) is 0 Å². The van der Waals surface area contributed by atoms with Gasteiger partial charge in [-0.25, -0.2) is 4.39 Å². The smallest absolute Gasteiger partial charge is 0.254 e. The highest BCUT2D eigenvalue weighted by molar-refractivity contribution is 5.94. The highest BCUT2D eigenvalue weighted by Crippen LogP contribution is 2.29. The van der Waals surface area contributed by atoms with Crippen LogP contribution >= 0.6 is 0 Å². The average molecular weight is 249 g/mol. The number of hydrogen-bond acceptors (Lipinski definition) is 1. The van der Waals surface area contributed by atoms with E-state index in [2.05, 4.69) is 12.2 Å². The molecule has 2 nitrogen and oxygen atoms in total. The number of hydrogen-bond donors (Lipinski definition) is 1. The number of amides is 1. The molecule has 0 saturated heterocycles. The van der Waals surface area contributed by atoms with Crippen LogP contribution in [0.4, 0.5) is 4.39 Å². The van der Waals surface area contributed by atoms with Crippen LogP contribution < -0.4 is 5.32 Å². The summed E-state index contributed by atoms with van der Waals surface area (Å²) in [5, 5.41) is 2.85. The van der Waals surface area contributed by atoms with Crippen molar-refractivity contribution >= 4 is 5.91 Å². The lowest BCUT2D eigenvalue weighted by atomic mass is 10.1. The van der Waals surface area contributed by atoms with Gasteiger partial charge in [0.2, 0.25) is 0 Å². The molecule has 2 unspecified atom stereocenters. The molecule has 0 aromatic heterocycles. The Bertz CT molecular complexity index is 444. The van der Waals surface area contributed by atoms with Gasteiger partial charge < -0.3 is 5.32 Å². The lowest BCUT2D eigenvalue weighted by molar-refractivity contribution is 0.0943. The highest BCUT2D eigenvalue weighted by Gasteiger charge is 2.22. The van der Waals surface area contributed by atoms with E-state index in [-0.39, 0.29) is 11.5 Å². The Morgan fingerprint density at radius 2 is 2.22 bits per heavy atom. The Hall–Kier alpha value is -1.38. The van der Waals surface area contributed by atoms with Crippen LogP contribution in [0.1, 0.15) is 42.1 Å². The van der Waals surface area contributed by atoms with Gasteiger partial charge in [-0.05, 0) is 43.7 Å². The van der Waals surface area contributed by atoms with E-state index in [0.29, 0.717) is 12.5 Å². The maximum Gasteiger partial charge on any atom is 0.254 e. The molecular weight excluding hydrogens is 229 g/mol. The molecule has 0 bridgehead atoms. The first-order chi connectivity index (χ1) is 8.56. The van der Waals surface area contributed by atoms with E-state index in [1.54, 1.807) is 12.1 Å². The molecule has 1 amide bonds. The van der Waals surface area contributed by atoms with Crippen molar-refractivity contribution in [2.24, 2.45) is 11.8 Å². The minimum Gasteiger partial charge on any atom is -0.352 e. The Morgan fingerprint density at radius 3 is 2.89 bits per heavy atom. The average Bonchev–Trinajstić information content (AvgIpc) is 2.75. The largest absolute Gasteiger partial charge is 0.352 e. The van der Waals surface area contributed by atoms with E-state index in [1.807, 2.05) is 6.92 Å². The molecule has 1 N–H and O–H groups in total. The zero-order chi connectivity index (χ0) is 13.1. The lowest BCUT2D eigenvalue weighted by Crippen LogP contribution is -2.29. The number of aryl methyl sites for hydroxylation is 1. The van der Waals surface area contributed by atoms with Crippen LogP contribution in [0.15, 0.2) is 18.2 Å². The van der Waals surface area contributed by atoms with Crippen LogP contribution in [-0.2, 0) is 0 Å². The van der Waals surface area contributed by atoms with Crippen molar-refractivity contribution in [1.82, 2.24) is 5.32 Å². The van der Waals surface area contributed by atoms with Gasteiger partial charge in [0.05, 0.1) is 5.56 Å². The van der Waals surface area contributed by atoms with Gasteiger partial charge in [-0.2, -0.15) is 0 Å². The van der Waals surface area contributed by atoms with Crippen LogP contribution in [-0.4, -0.2) is 12.5 Å². The van der Waals surface area contributed by atoms with Crippen LogP contribution in [0.25, 0.3) is 0 Å². The van der Waals surface area contributed by atoms with E-state index in [0.717, 1.165) is 24.3 Å². The van der Waals surface area contributed by atoms with Crippen molar-refractivity contribution in [1.29, 1.82) is 0 Å². The van der Waals surface area contributed by atoms with Crippen molar-refractivity contribution in [2.45, 2.75) is 33.1 Å². The van der Waals surface area contributed by atoms with Crippen molar-refractivity contribution < 1.29 is 9.18 Å². The number of benzene rings is 1. The zero-order valence-electron chi connectivity index (χ0n) is 11.0. The summed E-state index contributed by atoms with van der Waals surface area (Å²) in [6.07, 6.45) is 3.56. The Kier molecular flexibility index (Phi) is 4.00. The molecule has 2 atom stereocenters. The van der Waals surface area contributed by atoms with Gasteiger partial charge in [-0.1, -0.05) is 25.0 Å². The quantitative estimate of drug-likeness (QED) is 0.875. The molecule has 0 aliphatic heterocycles. The van der Waals surface area contributed by atoms with Gasteiger partial charge in [0, 0.05) is 6.54 Å². The van der Waals surface area contributed by atoms with Gasteiger partial charge in [-0.15, -0.1) is 0 Å².